The fourth-order valence-corrected chi connectivity index (χ4v) is 8.55. The number of nitrogens with zero attached hydrogens (tertiary/aromatic N) is 1. The Labute approximate surface area is 318 Å². The van der Waals surface area contributed by atoms with Crippen LogP contribution in [0.5, 0.6) is 0 Å². The monoisotopic (exact) mass is 702 g/mol. The molecule has 0 fully saturated rings. The van der Waals surface area contributed by atoms with E-state index in [0.29, 0.717) is 0 Å². The first-order valence-corrected chi connectivity index (χ1v) is 18.8. The molecule has 2 heterocycles. The normalized spacial score (nSPS) is 11.6. The van der Waals surface area contributed by atoms with Crippen LogP contribution in [0.3, 0.4) is 0 Å². The minimum atomic E-state index is 0.844. The molecule has 2 aromatic heterocycles. The Balaban J connectivity index is 1.08. The highest BCUT2D eigenvalue weighted by atomic mass is 16.3. The number of rotatable bonds is 6. The number of benzene rings is 9. The smallest absolute Gasteiger partial charge is 0.159 e. The van der Waals surface area contributed by atoms with Gasteiger partial charge in [0, 0.05) is 38.5 Å². The molecular formula is C52H34N2O. The first-order valence-electron chi connectivity index (χ1n) is 18.8. The van der Waals surface area contributed by atoms with Gasteiger partial charge in [-0.2, -0.15) is 0 Å². The second-order valence-corrected chi connectivity index (χ2v) is 14.1. The third-order valence-electron chi connectivity index (χ3n) is 11.0. The van der Waals surface area contributed by atoms with Crippen molar-refractivity contribution in [2.24, 2.45) is 0 Å². The van der Waals surface area contributed by atoms with Crippen LogP contribution in [0.4, 0.5) is 11.4 Å². The lowest BCUT2D eigenvalue weighted by Crippen LogP contribution is -1.96. The third-order valence-corrected chi connectivity index (χ3v) is 11.0. The second kappa shape index (κ2) is 12.6. The van der Waals surface area contributed by atoms with Crippen LogP contribution < -0.4 is 5.32 Å². The molecule has 11 rings (SSSR count). The maximum absolute atomic E-state index is 6.64. The van der Waals surface area contributed by atoms with Gasteiger partial charge in [0.2, 0.25) is 0 Å². The van der Waals surface area contributed by atoms with Crippen LogP contribution in [0.1, 0.15) is 0 Å². The van der Waals surface area contributed by atoms with E-state index in [4.69, 9.17) is 4.42 Å². The molecule has 0 saturated heterocycles. The van der Waals surface area contributed by atoms with Crippen molar-refractivity contribution in [2.45, 2.75) is 0 Å². The molecule has 0 aliphatic heterocycles. The number of para-hydroxylation sites is 3. The van der Waals surface area contributed by atoms with E-state index in [-0.39, 0.29) is 0 Å². The highest BCUT2D eigenvalue weighted by Crippen LogP contribution is 2.45. The first kappa shape index (κ1) is 31.2. The molecule has 11 aromatic rings. The maximum Gasteiger partial charge on any atom is 0.159 e. The summed E-state index contributed by atoms with van der Waals surface area (Å²) in [5.41, 5.74) is 14.1. The summed E-state index contributed by atoms with van der Waals surface area (Å²) in [6.45, 7) is 0. The van der Waals surface area contributed by atoms with Crippen LogP contribution in [0.25, 0.3) is 93.6 Å². The summed E-state index contributed by atoms with van der Waals surface area (Å²) < 4.78 is 9.06. The quantitative estimate of drug-likeness (QED) is 0.187. The van der Waals surface area contributed by atoms with Crippen LogP contribution in [-0.2, 0) is 0 Å². The van der Waals surface area contributed by atoms with Crippen molar-refractivity contribution in [1.29, 1.82) is 0 Å². The van der Waals surface area contributed by atoms with E-state index < -0.39 is 0 Å². The summed E-state index contributed by atoms with van der Waals surface area (Å²) in [4.78, 5) is 0. The Morgan fingerprint density at radius 1 is 0.382 bits per heavy atom. The summed E-state index contributed by atoms with van der Waals surface area (Å²) in [5, 5.41) is 11.0. The van der Waals surface area contributed by atoms with E-state index in [1.165, 1.54) is 43.7 Å². The number of hydrogen-bond donors (Lipinski definition) is 1. The standard InChI is InChI=1S/C52H34N2O/c1-2-16-35(17-3-1)38-31-32-46(52-51(38)44-23-10-13-28-49(44)55-52)53-45-25-11-8-21-41(45)39-19-6-7-20-40(39)42-24-14-27-48-50(42)43-22-9-12-26-47(43)54(48)37-30-29-34-15-4-5-18-36(34)33-37/h1-33,53H. The van der Waals surface area contributed by atoms with Gasteiger partial charge in [-0.05, 0) is 81.1 Å². The Hall–Kier alpha value is -7.36. The van der Waals surface area contributed by atoms with Crippen molar-refractivity contribution in [3.8, 4) is 39.1 Å². The van der Waals surface area contributed by atoms with Crippen molar-refractivity contribution in [1.82, 2.24) is 4.57 Å². The minimum absolute atomic E-state index is 0.844. The van der Waals surface area contributed by atoms with Gasteiger partial charge in [-0.25, -0.2) is 0 Å². The number of nitrogens with one attached hydrogen (secondary N) is 1. The van der Waals surface area contributed by atoms with Crippen LogP contribution >= 0.6 is 0 Å². The third kappa shape index (κ3) is 5.05. The molecule has 0 saturated carbocycles. The van der Waals surface area contributed by atoms with Crippen LogP contribution in [0, 0.1) is 0 Å². The molecule has 0 atom stereocenters. The highest BCUT2D eigenvalue weighted by Gasteiger charge is 2.21. The fourth-order valence-electron chi connectivity index (χ4n) is 8.55. The largest absolute Gasteiger partial charge is 0.454 e. The molecule has 3 heteroatoms. The molecule has 0 radical (unpaired) electrons. The van der Waals surface area contributed by atoms with Crippen LogP contribution in [0.15, 0.2) is 205 Å². The molecule has 0 aliphatic rings. The number of anilines is 2. The topological polar surface area (TPSA) is 30.1 Å². The summed E-state index contributed by atoms with van der Waals surface area (Å²) in [6, 6.07) is 71.5. The van der Waals surface area contributed by atoms with E-state index in [9.17, 15) is 0 Å². The molecule has 0 bridgehead atoms. The van der Waals surface area contributed by atoms with Crippen molar-refractivity contribution < 1.29 is 4.42 Å². The van der Waals surface area contributed by atoms with Crippen molar-refractivity contribution in [2.75, 3.05) is 5.32 Å². The molecule has 9 aromatic carbocycles. The Kier molecular flexibility index (Phi) is 7.17. The van der Waals surface area contributed by atoms with E-state index >= 15 is 0 Å². The summed E-state index contributed by atoms with van der Waals surface area (Å²) >= 11 is 0. The van der Waals surface area contributed by atoms with Gasteiger partial charge in [0.25, 0.3) is 0 Å². The average Bonchev–Trinajstić information content (AvgIpc) is 3.81. The van der Waals surface area contributed by atoms with Gasteiger partial charge in [-0.1, -0.05) is 158 Å². The van der Waals surface area contributed by atoms with Gasteiger partial charge in [0.15, 0.2) is 5.58 Å². The molecular weight excluding hydrogens is 669 g/mol. The predicted molar refractivity (Wildman–Crippen MR) is 232 cm³/mol. The number of furan rings is 1. The molecule has 0 amide bonds. The lowest BCUT2D eigenvalue weighted by molar-refractivity contribution is 0.670. The second-order valence-electron chi connectivity index (χ2n) is 14.1. The van der Waals surface area contributed by atoms with E-state index in [1.807, 2.05) is 6.07 Å². The molecule has 3 nitrogen and oxygen atoms in total. The minimum Gasteiger partial charge on any atom is -0.454 e. The van der Waals surface area contributed by atoms with Crippen molar-refractivity contribution in [3.63, 3.8) is 0 Å². The zero-order valence-corrected chi connectivity index (χ0v) is 29.9. The Morgan fingerprint density at radius 3 is 1.91 bits per heavy atom. The van der Waals surface area contributed by atoms with Gasteiger partial charge in [-0.3, -0.25) is 0 Å². The molecule has 258 valence electrons. The Bertz CT molecular complexity index is 3240. The van der Waals surface area contributed by atoms with Crippen LogP contribution in [-0.4, -0.2) is 4.57 Å². The summed E-state index contributed by atoms with van der Waals surface area (Å²) in [5.74, 6) is 0. The van der Waals surface area contributed by atoms with E-state index in [1.54, 1.807) is 0 Å². The SMILES string of the molecule is c1ccc(-c2ccc(Nc3ccccc3-c3ccccc3-c3cccc4c3c3ccccc3n4-c3ccc4ccccc4c3)c3oc4ccccc4c23)cc1. The van der Waals surface area contributed by atoms with Crippen molar-refractivity contribution in [3.05, 3.63) is 200 Å². The van der Waals surface area contributed by atoms with E-state index in [0.717, 1.165) is 61.3 Å². The molecule has 0 aliphatic carbocycles. The molecule has 1 N–H and O–H groups in total. The number of fused-ring (bicyclic) bond motifs is 7. The van der Waals surface area contributed by atoms with Gasteiger partial charge in [0.05, 0.1) is 16.7 Å². The predicted octanol–water partition coefficient (Wildman–Crippen LogP) is 14.6. The van der Waals surface area contributed by atoms with E-state index in [2.05, 4.69) is 204 Å². The number of hydrogen-bond acceptors (Lipinski definition) is 2. The Morgan fingerprint density at radius 2 is 1.04 bits per heavy atom. The molecule has 0 spiro atoms. The fraction of sp³-hybridized carbons (Fsp3) is 0. The van der Waals surface area contributed by atoms with Crippen molar-refractivity contribution >= 4 is 65.9 Å². The lowest BCUT2D eigenvalue weighted by Gasteiger charge is -2.17. The molecule has 55 heavy (non-hydrogen) atoms. The lowest BCUT2D eigenvalue weighted by atomic mass is 9.91. The zero-order chi connectivity index (χ0) is 36.3. The molecule has 0 unspecified atom stereocenters. The van der Waals surface area contributed by atoms with Gasteiger partial charge in [0.1, 0.15) is 5.58 Å². The van der Waals surface area contributed by atoms with Crippen LogP contribution in [0.2, 0.25) is 0 Å². The highest BCUT2D eigenvalue weighted by molar-refractivity contribution is 6.18. The zero-order valence-electron chi connectivity index (χ0n) is 29.9. The van der Waals surface area contributed by atoms with Gasteiger partial charge < -0.3 is 14.3 Å². The summed E-state index contributed by atoms with van der Waals surface area (Å²) in [7, 11) is 0. The first-order chi connectivity index (χ1) is 27.3. The maximum atomic E-state index is 6.64. The summed E-state index contributed by atoms with van der Waals surface area (Å²) in [6.07, 6.45) is 0. The van der Waals surface area contributed by atoms with Gasteiger partial charge in [-0.15, -0.1) is 0 Å². The average molecular weight is 703 g/mol. The van der Waals surface area contributed by atoms with Gasteiger partial charge >= 0.3 is 0 Å². The number of aromatic nitrogens is 1.